The van der Waals surface area contributed by atoms with Crippen LogP contribution in [-0.4, -0.2) is 55.7 Å². The van der Waals surface area contributed by atoms with Crippen LogP contribution in [0.2, 0.25) is 0 Å². The third kappa shape index (κ3) is 4.25. The first-order valence-corrected chi connectivity index (χ1v) is 8.50. The van der Waals surface area contributed by atoms with Gasteiger partial charge in [0, 0.05) is 24.0 Å². The molecule has 0 atom stereocenters. The van der Waals surface area contributed by atoms with Crippen LogP contribution in [0.4, 0.5) is 5.13 Å². The molecule has 2 heterocycles. The molecular weight excluding hydrogens is 344 g/mol. The summed E-state index contributed by atoms with van der Waals surface area (Å²) in [4.78, 5) is 30.4. The smallest absolute Gasteiger partial charge is 0.270 e. The first kappa shape index (κ1) is 17.2. The Balaban J connectivity index is 1.59. The van der Waals surface area contributed by atoms with Crippen molar-refractivity contribution in [3.05, 3.63) is 34.8 Å². The molecule has 0 bridgehead atoms. The van der Waals surface area contributed by atoms with Gasteiger partial charge >= 0.3 is 0 Å². The van der Waals surface area contributed by atoms with Crippen molar-refractivity contribution in [3.63, 3.8) is 0 Å². The lowest BCUT2D eigenvalue weighted by atomic mass is 10.2. The topological polar surface area (TPSA) is 92.8 Å². The Morgan fingerprint density at radius 1 is 1.24 bits per heavy atom. The summed E-state index contributed by atoms with van der Waals surface area (Å²) < 4.78 is 10.5. The fourth-order valence-corrected chi connectivity index (χ4v) is 2.81. The van der Waals surface area contributed by atoms with Crippen molar-refractivity contribution in [2.24, 2.45) is 0 Å². The maximum Gasteiger partial charge on any atom is 0.270 e. The maximum atomic E-state index is 12.3. The van der Waals surface area contributed by atoms with Gasteiger partial charge in [-0.05, 0) is 32.3 Å². The van der Waals surface area contributed by atoms with Gasteiger partial charge < -0.3 is 19.7 Å². The van der Waals surface area contributed by atoms with E-state index in [-0.39, 0.29) is 24.3 Å². The summed E-state index contributed by atoms with van der Waals surface area (Å²) in [6.07, 6.45) is 0. The third-order valence-electron chi connectivity index (χ3n) is 3.44. The highest BCUT2D eigenvalue weighted by atomic mass is 32.1. The highest BCUT2D eigenvalue weighted by molar-refractivity contribution is 7.14. The van der Waals surface area contributed by atoms with Gasteiger partial charge in [0.1, 0.15) is 5.69 Å². The number of benzene rings is 1. The van der Waals surface area contributed by atoms with Gasteiger partial charge in [-0.3, -0.25) is 14.9 Å². The molecule has 0 radical (unpaired) electrons. The summed E-state index contributed by atoms with van der Waals surface area (Å²) in [5.74, 6) is 0.559. The lowest BCUT2D eigenvalue weighted by Gasteiger charge is -2.09. The van der Waals surface area contributed by atoms with E-state index in [1.54, 1.807) is 23.6 Å². The average molecular weight is 362 g/mol. The van der Waals surface area contributed by atoms with Crippen molar-refractivity contribution in [1.82, 2.24) is 15.2 Å². The van der Waals surface area contributed by atoms with E-state index in [9.17, 15) is 9.59 Å². The third-order valence-corrected chi connectivity index (χ3v) is 4.19. The Morgan fingerprint density at radius 3 is 2.84 bits per heavy atom. The zero-order chi connectivity index (χ0) is 17.8. The van der Waals surface area contributed by atoms with Gasteiger partial charge in [-0.1, -0.05) is 0 Å². The monoisotopic (exact) mass is 362 g/mol. The first-order valence-electron chi connectivity index (χ1n) is 7.62. The number of hydrogen-bond acceptors (Lipinski definition) is 7. The lowest BCUT2D eigenvalue weighted by Crippen LogP contribution is -2.31. The number of likely N-dealkylation sites (N-methyl/N-ethyl adjacent to an activating group) is 1. The molecule has 1 aliphatic rings. The van der Waals surface area contributed by atoms with E-state index in [2.05, 4.69) is 15.6 Å². The van der Waals surface area contributed by atoms with Crippen LogP contribution in [-0.2, 0) is 0 Å². The van der Waals surface area contributed by atoms with Crippen LogP contribution in [0.5, 0.6) is 11.5 Å². The van der Waals surface area contributed by atoms with Crippen molar-refractivity contribution in [2.75, 3.05) is 39.3 Å². The van der Waals surface area contributed by atoms with Crippen molar-refractivity contribution >= 4 is 28.3 Å². The Kier molecular flexibility index (Phi) is 5.15. The van der Waals surface area contributed by atoms with Crippen LogP contribution < -0.4 is 20.1 Å². The number of amides is 2. The number of anilines is 1. The van der Waals surface area contributed by atoms with Crippen molar-refractivity contribution < 1.29 is 19.1 Å². The standard InChI is InChI=1S/C16H18N4O4S/c1-20(2)6-5-17-15(22)11-8-25-16(18-11)19-14(21)10-3-4-12-13(7-10)24-9-23-12/h3-4,7-8H,5-6,9H2,1-2H3,(H,17,22)(H,18,19,21). The SMILES string of the molecule is CN(C)CCNC(=O)c1csc(NC(=O)c2ccc3c(c2)OCO3)n1. The predicted molar refractivity (Wildman–Crippen MR) is 93.5 cm³/mol. The number of rotatable bonds is 6. The maximum absolute atomic E-state index is 12.3. The number of nitrogens with zero attached hydrogens (tertiary/aromatic N) is 2. The molecule has 1 aromatic heterocycles. The van der Waals surface area contributed by atoms with Gasteiger partial charge in [-0.2, -0.15) is 0 Å². The van der Waals surface area contributed by atoms with Gasteiger partial charge in [0.25, 0.3) is 11.8 Å². The van der Waals surface area contributed by atoms with Gasteiger partial charge in [-0.15, -0.1) is 11.3 Å². The molecule has 0 saturated carbocycles. The summed E-state index contributed by atoms with van der Waals surface area (Å²) in [7, 11) is 3.86. The second kappa shape index (κ2) is 7.49. The number of ether oxygens (including phenoxy) is 2. The van der Waals surface area contributed by atoms with Gasteiger partial charge in [0.2, 0.25) is 6.79 Å². The Bertz CT molecular complexity index is 790. The molecule has 9 heteroatoms. The van der Waals surface area contributed by atoms with Crippen molar-refractivity contribution in [3.8, 4) is 11.5 Å². The number of hydrogen-bond donors (Lipinski definition) is 2. The highest BCUT2D eigenvalue weighted by Gasteiger charge is 2.17. The van der Waals surface area contributed by atoms with Crippen LogP contribution in [0, 0.1) is 0 Å². The summed E-state index contributed by atoms with van der Waals surface area (Å²) in [5.41, 5.74) is 0.709. The van der Waals surface area contributed by atoms with E-state index in [1.165, 1.54) is 11.3 Å². The molecule has 3 rings (SSSR count). The number of thiazole rings is 1. The molecule has 132 valence electrons. The van der Waals surface area contributed by atoms with Crippen LogP contribution in [0.15, 0.2) is 23.6 Å². The van der Waals surface area contributed by atoms with Crippen molar-refractivity contribution in [1.29, 1.82) is 0 Å². The van der Waals surface area contributed by atoms with E-state index >= 15 is 0 Å². The number of carbonyl (C=O) groups excluding carboxylic acids is 2. The van der Waals surface area contributed by atoms with Crippen LogP contribution in [0.1, 0.15) is 20.8 Å². The molecule has 8 nitrogen and oxygen atoms in total. The summed E-state index contributed by atoms with van der Waals surface area (Å²) >= 11 is 1.20. The van der Waals surface area contributed by atoms with Crippen LogP contribution in [0.25, 0.3) is 0 Å². The molecule has 0 saturated heterocycles. The number of fused-ring (bicyclic) bond motifs is 1. The first-order chi connectivity index (χ1) is 12.0. The molecule has 25 heavy (non-hydrogen) atoms. The molecular formula is C16H18N4O4S. The fraction of sp³-hybridized carbons (Fsp3) is 0.312. The van der Waals surface area contributed by atoms with E-state index in [0.29, 0.717) is 28.7 Å². The molecule has 2 aromatic rings. The minimum Gasteiger partial charge on any atom is -0.454 e. The van der Waals surface area contributed by atoms with Gasteiger partial charge in [0.15, 0.2) is 16.6 Å². The van der Waals surface area contributed by atoms with Gasteiger partial charge in [-0.25, -0.2) is 4.98 Å². The molecule has 0 fully saturated rings. The molecule has 1 aliphatic heterocycles. The highest BCUT2D eigenvalue weighted by Crippen LogP contribution is 2.32. The Morgan fingerprint density at radius 2 is 2.04 bits per heavy atom. The second-order valence-electron chi connectivity index (χ2n) is 5.62. The Hall–Kier alpha value is -2.65. The normalized spacial score (nSPS) is 12.3. The summed E-state index contributed by atoms with van der Waals surface area (Å²) in [5, 5.41) is 7.43. The Labute approximate surface area is 148 Å². The zero-order valence-electron chi connectivity index (χ0n) is 13.9. The number of aromatic nitrogens is 1. The minimum absolute atomic E-state index is 0.152. The fourth-order valence-electron chi connectivity index (χ4n) is 2.13. The predicted octanol–water partition coefficient (Wildman–Crippen LogP) is 1.42. The van der Waals surface area contributed by atoms with Gasteiger partial charge in [0.05, 0.1) is 0 Å². The molecule has 0 aliphatic carbocycles. The summed E-state index contributed by atoms with van der Waals surface area (Å²) in [6.45, 7) is 1.42. The molecule has 2 N–H and O–H groups in total. The van der Waals surface area contributed by atoms with E-state index < -0.39 is 0 Å². The second-order valence-corrected chi connectivity index (χ2v) is 6.48. The van der Waals surface area contributed by atoms with E-state index in [4.69, 9.17) is 9.47 Å². The molecule has 2 amide bonds. The van der Waals surface area contributed by atoms with Crippen molar-refractivity contribution in [2.45, 2.75) is 0 Å². The van der Waals surface area contributed by atoms with Crippen LogP contribution >= 0.6 is 11.3 Å². The molecule has 0 spiro atoms. The quantitative estimate of drug-likeness (QED) is 0.807. The van der Waals surface area contributed by atoms with Crippen LogP contribution in [0.3, 0.4) is 0 Å². The van der Waals surface area contributed by atoms with E-state index in [0.717, 1.165) is 6.54 Å². The average Bonchev–Trinajstić information content (AvgIpc) is 3.22. The zero-order valence-corrected chi connectivity index (χ0v) is 14.7. The van der Waals surface area contributed by atoms with E-state index in [1.807, 2.05) is 19.0 Å². The number of nitrogens with one attached hydrogen (secondary N) is 2. The molecule has 0 unspecified atom stereocenters. The number of carbonyl (C=O) groups is 2. The lowest BCUT2D eigenvalue weighted by molar-refractivity contribution is 0.0945. The summed E-state index contributed by atoms with van der Waals surface area (Å²) in [6, 6.07) is 4.94. The minimum atomic E-state index is -0.327. The largest absolute Gasteiger partial charge is 0.454 e. The molecule has 1 aromatic carbocycles.